The van der Waals surface area contributed by atoms with Crippen molar-refractivity contribution in [1.82, 2.24) is 15.3 Å². The molecular formula is C9H13ClN4O. The standard InChI is InChI=1S/C9H12N4O.ClH/c1-6-2-11-9(12-7-4-14-5-7)13-8(6)3-10-1;/h2,7,10H,1,3-5H2,(H,11,12,13);1H. The average molecular weight is 229 g/mol. The minimum Gasteiger partial charge on any atom is -0.377 e. The lowest BCUT2D eigenvalue weighted by Gasteiger charge is -2.26. The molecule has 0 atom stereocenters. The van der Waals surface area contributed by atoms with Gasteiger partial charge in [0, 0.05) is 24.8 Å². The van der Waals surface area contributed by atoms with Gasteiger partial charge in [-0.15, -0.1) is 12.4 Å². The summed E-state index contributed by atoms with van der Waals surface area (Å²) in [6, 6.07) is 0.391. The van der Waals surface area contributed by atoms with Crippen molar-refractivity contribution in [3.63, 3.8) is 0 Å². The van der Waals surface area contributed by atoms with Gasteiger partial charge < -0.3 is 15.4 Å². The third-order valence-corrected chi connectivity index (χ3v) is 2.53. The number of fused-ring (bicyclic) bond motifs is 1. The number of nitrogens with zero attached hydrogens (tertiary/aromatic N) is 2. The fourth-order valence-corrected chi connectivity index (χ4v) is 1.63. The molecule has 2 N–H and O–H groups in total. The molecule has 3 rings (SSSR count). The van der Waals surface area contributed by atoms with Crippen LogP contribution >= 0.6 is 12.4 Å². The van der Waals surface area contributed by atoms with Gasteiger partial charge in [0.15, 0.2) is 0 Å². The molecule has 0 radical (unpaired) electrons. The second-order valence-corrected chi connectivity index (χ2v) is 3.65. The normalized spacial score (nSPS) is 18.9. The molecule has 5 nitrogen and oxygen atoms in total. The summed E-state index contributed by atoms with van der Waals surface area (Å²) in [6.45, 7) is 3.27. The van der Waals surface area contributed by atoms with E-state index in [9.17, 15) is 0 Å². The monoisotopic (exact) mass is 228 g/mol. The Hall–Kier alpha value is -0.910. The molecule has 2 aliphatic heterocycles. The zero-order chi connectivity index (χ0) is 9.38. The van der Waals surface area contributed by atoms with E-state index in [-0.39, 0.29) is 12.4 Å². The van der Waals surface area contributed by atoms with E-state index in [2.05, 4.69) is 20.6 Å². The maximum atomic E-state index is 5.07. The molecule has 0 aromatic carbocycles. The van der Waals surface area contributed by atoms with Crippen molar-refractivity contribution in [3.05, 3.63) is 17.5 Å². The Morgan fingerprint density at radius 3 is 3.00 bits per heavy atom. The van der Waals surface area contributed by atoms with E-state index in [1.54, 1.807) is 0 Å². The van der Waals surface area contributed by atoms with Gasteiger partial charge in [-0.2, -0.15) is 0 Å². The molecule has 1 saturated heterocycles. The number of hydrogen-bond donors (Lipinski definition) is 2. The van der Waals surface area contributed by atoms with Gasteiger partial charge in [-0.05, 0) is 0 Å². The van der Waals surface area contributed by atoms with Crippen molar-refractivity contribution in [2.45, 2.75) is 19.1 Å². The number of hydrogen-bond acceptors (Lipinski definition) is 5. The molecule has 1 aromatic rings. The average Bonchev–Trinajstić information content (AvgIpc) is 2.58. The van der Waals surface area contributed by atoms with Crippen LogP contribution in [-0.4, -0.2) is 29.2 Å². The predicted molar refractivity (Wildman–Crippen MR) is 58.1 cm³/mol. The minimum atomic E-state index is 0. The maximum absolute atomic E-state index is 5.07. The Kier molecular flexibility index (Phi) is 3.04. The van der Waals surface area contributed by atoms with Crippen LogP contribution in [-0.2, 0) is 17.8 Å². The first kappa shape index (κ1) is 10.6. The van der Waals surface area contributed by atoms with Crippen LogP contribution in [0, 0.1) is 0 Å². The first-order valence-electron chi connectivity index (χ1n) is 4.81. The first-order chi connectivity index (χ1) is 6.92. The molecule has 15 heavy (non-hydrogen) atoms. The molecule has 1 fully saturated rings. The van der Waals surface area contributed by atoms with Gasteiger partial charge in [-0.3, -0.25) is 0 Å². The lowest BCUT2D eigenvalue weighted by atomic mass is 10.2. The molecule has 0 amide bonds. The minimum absolute atomic E-state index is 0. The molecule has 0 aliphatic carbocycles. The van der Waals surface area contributed by atoms with E-state index in [0.717, 1.165) is 37.9 Å². The van der Waals surface area contributed by atoms with Gasteiger partial charge in [0.05, 0.1) is 24.9 Å². The molecular weight excluding hydrogens is 216 g/mol. The zero-order valence-electron chi connectivity index (χ0n) is 8.19. The van der Waals surface area contributed by atoms with E-state index in [1.807, 2.05) is 6.20 Å². The molecule has 2 aliphatic rings. The second-order valence-electron chi connectivity index (χ2n) is 3.65. The Labute approximate surface area is 94.1 Å². The topological polar surface area (TPSA) is 59.1 Å². The van der Waals surface area contributed by atoms with Crippen molar-refractivity contribution in [2.24, 2.45) is 0 Å². The molecule has 0 saturated carbocycles. The van der Waals surface area contributed by atoms with Crippen LogP contribution in [0.1, 0.15) is 11.3 Å². The van der Waals surface area contributed by atoms with Gasteiger partial charge in [0.2, 0.25) is 5.95 Å². The van der Waals surface area contributed by atoms with Crippen LogP contribution in [0.15, 0.2) is 6.20 Å². The quantitative estimate of drug-likeness (QED) is 0.763. The largest absolute Gasteiger partial charge is 0.377 e. The predicted octanol–water partition coefficient (Wildman–Crippen LogP) is 0.312. The van der Waals surface area contributed by atoms with E-state index in [4.69, 9.17) is 4.74 Å². The van der Waals surface area contributed by atoms with E-state index < -0.39 is 0 Å². The highest BCUT2D eigenvalue weighted by atomic mass is 35.5. The van der Waals surface area contributed by atoms with Gasteiger partial charge >= 0.3 is 0 Å². The summed E-state index contributed by atoms with van der Waals surface area (Å²) in [5, 5.41) is 6.47. The molecule has 0 bridgehead atoms. The number of halogens is 1. The highest BCUT2D eigenvalue weighted by molar-refractivity contribution is 5.85. The zero-order valence-corrected chi connectivity index (χ0v) is 9.01. The lowest BCUT2D eigenvalue weighted by molar-refractivity contribution is 0.0208. The molecule has 0 unspecified atom stereocenters. The number of rotatable bonds is 2. The van der Waals surface area contributed by atoms with Crippen LogP contribution in [0.5, 0.6) is 0 Å². The van der Waals surface area contributed by atoms with E-state index in [1.165, 1.54) is 5.56 Å². The smallest absolute Gasteiger partial charge is 0.223 e. The van der Waals surface area contributed by atoms with Crippen molar-refractivity contribution < 1.29 is 4.74 Å². The summed E-state index contributed by atoms with van der Waals surface area (Å²) >= 11 is 0. The summed E-state index contributed by atoms with van der Waals surface area (Å²) in [5.74, 6) is 0.723. The van der Waals surface area contributed by atoms with Crippen LogP contribution < -0.4 is 10.6 Å². The number of anilines is 1. The first-order valence-corrected chi connectivity index (χ1v) is 4.81. The van der Waals surface area contributed by atoms with Crippen LogP contribution in [0.25, 0.3) is 0 Å². The Morgan fingerprint density at radius 2 is 2.27 bits per heavy atom. The van der Waals surface area contributed by atoms with Gasteiger partial charge in [-0.1, -0.05) is 0 Å². The van der Waals surface area contributed by atoms with Gasteiger partial charge in [0.25, 0.3) is 0 Å². The molecule has 82 valence electrons. The summed E-state index contributed by atoms with van der Waals surface area (Å²) in [6.07, 6.45) is 1.89. The number of aromatic nitrogens is 2. The third-order valence-electron chi connectivity index (χ3n) is 2.53. The Balaban J connectivity index is 0.000000853. The van der Waals surface area contributed by atoms with Crippen LogP contribution in [0.3, 0.4) is 0 Å². The van der Waals surface area contributed by atoms with Crippen molar-refractivity contribution in [3.8, 4) is 0 Å². The van der Waals surface area contributed by atoms with Crippen molar-refractivity contribution in [2.75, 3.05) is 18.5 Å². The van der Waals surface area contributed by atoms with E-state index >= 15 is 0 Å². The summed E-state index contributed by atoms with van der Waals surface area (Å²) in [7, 11) is 0. The van der Waals surface area contributed by atoms with Crippen molar-refractivity contribution >= 4 is 18.4 Å². The fourth-order valence-electron chi connectivity index (χ4n) is 1.63. The SMILES string of the molecule is Cl.c1nc(NC2COC2)nc2c1CNC2. The Bertz CT molecular complexity index is 356. The summed E-state index contributed by atoms with van der Waals surface area (Å²) in [5.41, 5.74) is 2.32. The lowest BCUT2D eigenvalue weighted by Crippen LogP contribution is -2.40. The number of ether oxygens (including phenoxy) is 1. The maximum Gasteiger partial charge on any atom is 0.223 e. The highest BCUT2D eigenvalue weighted by Gasteiger charge is 2.20. The molecule has 0 spiro atoms. The Morgan fingerprint density at radius 1 is 1.40 bits per heavy atom. The molecule has 3 heterocycles. The van der Waals surface area contributed by atoms with Gasteiger partial charge in [0.1, 0.15) is 0 Å². The second kappa shape index (κ2) is 4.30. The van der Waals surface area contributed by atoms with Crippen LogP contribution in [0.4, 0.5) is 5.95 Å². The highest BCUT2D eigenvalue weighted by Crippen LogP contribution is 2.14. The number of nitrogens with one attached hydrogen (secondary N) is 2. The van der Waals surface area contributed by atoms with Crippen molar-refractivity contribution in [1.29, 1.82) is 0 Å². The summed E-state index contributed by atoms with van der Waals surface area (Å²) in [4.78, 5) is 8.69. The summed E-state index contributed by atoms with van der Waals surface area (Å²) < 4.78 is 5.07. The third kappa shape index (κ3) is 2.04. The van der Waals surface area contributed by atoms with Crippen LogP contribution in [0.2, 0.25) is 0 Å². The van der Waals surface area contributed by atoms with Gasteiger partial charge in [-0.25, -0.2) is 9.97 Å². The molecule has 1 aromatic heterocycles. The molecule has 6 heteroatoms. The van der Waals surface area contributed by atoms with E-state index in [0.29, 0.717) is 6.04 Å². The fraction of sp³-hybridized carbons (Fsp3) is 0.556.